The Kier molecular flexibility index (Phi) is 5.34. The van der Waals surface area contributed by atoms with Gasteiger partial charge in [-0.1, -0.05) is 16.8 Å². The summed E-state index contributed by atoms with van der Waals surface area (Å²) < 4.78 is 1.84. The van der Waals surface area contributed by atoms with Gasteiger partial charge in [0.2, 0.25) is 0 Å². The van der Waals surface area contributed by atoms with E-state index in [4.69, 9.17) is 17.3 Å². The van der Waals surface area contributed by atoms with Crippen LogP contribution in [0.2, 0.25) is 5.02 Å². The number of aryl methyl sites for hydroxylation is 1. The maximum Gasteiger partial charge on any atom is 0.254 e. The summed E-state index contributed by atoms with van der Waals surface area (Å²) in [6.45, 7) is 8.00. The Balaban J connectivity index is 1.67. The number of nitrogens with zero attached hydrogens (tertiary/aromatic N) is 4. The summed E-state index contributed by atoms with van der Waals surface area (Å²) in [5.74, 6) is 0.432. The summed E-state index contributed by atoms with van der Waals surface area (Å²) in [4.78, 5) is 14.8. The summed E-state index contributed by atoms with van der Waals surface area (Å²) in [5, 5.41) is 9.02. The highest BCUT2D eigenvalue weighted by Gasteiger charge is 2.26. The number of hydrogen-bond acceptors (Lipinski definition) is 4. The van der Waals surface area contributed by atoms with E-state index in [-0.39, 0.29) is 5.91 Å². The Morgan fingerprint density at radius 1 is 1.42 bits per heavy atom. The Morgan fingerprint density at radius 3 is 2.85 bits per heavy atom. The second-order valence-electron chi connectivity index (χ2n) is 7.77. The molecule has 2 N–H and O–H groups in total. The summed E-state index contributed by atoms with van der Waals surface area (Å²) in [6.07, 6.45) is 3.97. The van der Waals surface area contributed by atoms with Crippen molar-refractivity contribution in [2.24, 2.45) is 11.7 Å². The van der Waals surface area contributed by atoms with Crippen molar-refractivity contribution in [1.82, 2.24) is 19.9 Å². The third kappa shape index (κ3) is 4.24. The molecule has 0 spiro atoms. The maximum absolute atomic E-state index is 12.9. The first kappa shape index (κ1) is 18.9. The molecular formula is C19H26ClN5O. The van der Waals surface area contributed by atoms with Crippen molar-refractivity contribution in [2.75, 3.05) is 13.1 Å². The van der Waals surface area contributed by atoms with Crippen LogP contribution >= 0.6 is 11.6 Å². The Morgan fingerprint density at radius 2 is 2.19 bits per heavy atom. The first-order valence-electron chi connectivity index (χ1n) is 8.99. The zero-order valence-corrected chi connectivity index (χ0v) is 16.3. The van der Waals surface area contributed by atoms with Crippen LogP contribution in [0.5, 0.6) is 0 Å². The van der Waals surface area contributed by atoms with Crippen LogP contribution in [0.4, 0.5) is 0 Å². The molecule has 1 aromatic carbocycles. The second-order valence-corrected chi connectivity index (χ2v) is 8.20. The van der Waals surface area contributed by atoms with Crippen molar-refractivity contribution in [2.45, 2.75) is 45.7 Å². The van der Waals surface area contributed by atoms with E-state index in [0.29, 0.717) is 10.9 Å². The van der Waals surface area contributed by atoms with Crippen molar-refractivity contribution >= 4 is 17.5 Å². The van der Waals surface area contributed by atoms with Crippen LogP contribution in [0, 0.1) is 12.8 Å². The van der Waals surface area contributed by atoms with Crippen LogP contribution in [0.25, 0.3) is 0 Å². The zero-order valence-electron chi connectivity index (χ0n) is 15.6. The van der Waals surface area contributed by atoms with Crippen LogP contribution in [-0.2, 0) is 12.1 Å². The van der Waals surface area contributed by atoms with Gasteiger partial charge in [-0.2, -0.15) is 0 Å². The molecule has 0 aliphatic carbocycles. The highest BCUT2D eigenvalue weighted by atomic mass is 35.5. The third-order valence-electron chi connectivity index (χ3n) is 4.87. The number of carbonyl (C=O) groups excluding carboxylic acids is 1. The molecule has 140 valence electrons. The number of nitrogens with two attached hydrogens (primary N) is 1. The number of likely N-dealkylation sites (tertiary alicyclic amines) is 1. The van der Waals surface area contributed by atoms with Crippen LogP contribution in [0.3, 0.4) is 0 Å². The fourth-order valence-electron chi connectivity index (χ4n) is 3.38. The van der Waals surface area contributed by atoms with E-state index in [9.17, 15) is 4.79 Å². The van der Waals surface area contributed by atoms with Gasteiger partial charge in [0.1, 0.15) is 5.69 Å². The van der Waals surface area contributed by atoms with Crippen LogP contribution in [0.15, 0.2) is 24.4 Å². The highest BCUT2D eigenvalue weighted by molar-refractivity contribution is 6.30. The van der Waals surface area contributed by atoms with E-state index in [1.54, 1.807) is 6.07 Å². The number of amides is 1. The molecule has 7 heteroatoms. The molecule has 6 nitrogen and oxygen atoms in total. The van der Waals surface area contributed by atoms with Gasteiger partial charge in [0.05, 0.1) is 11.7 Å². The summed E-state index contributed by atoms with van der Waals surface area (Å²) in [6, 6.07) is 5.42. The molecule has 0 bridgehead atoms. The fourth-order valence-corrected chi connectivity index (χ4v) is 3.61. The molecular weight excluding hydrogens is 350 g/mol. The van der Waals surface area contributed by atoms with Crippen molar-refractivity contribution < 1.29 is 4.79 Å². The monoisotopic (exact) mass is 375 g/mol. The molecule has 1 aliphatic heterocycles. The minimum atomic E-state index is -0.501. The standard InChI is InChI=1S/C19H26ClN5O/c1-13-9-15(20)6-7-16(13)18(26)24-8-4-5-14(10-24)11-25-12-17(22-23-25)19(2,3)21/h6-7,9,12,14H,4-5,8,10-11,21H2,1-3H3/t14-/m0/s1. The van der Waals surface area contributed by atoms with Crippen molar-refractivity contribution in [3.8, 4) is 0 Å². The van der Waals surface area contributed by atoms with Gasteiger partial charge in [0.25, 0.3) is 5.91 Å². The molecule has 1 amide bonds. The molecule has 1 aliphatic rings. The van der Waals surface area contributed by atoms with Gasteiger partial charge < -0.3 is 10.6 Å². The smallest absolute Gasteiger partial charge is 0.254 e. The van der Waals surface area contributed by atoms with Gasteiger partial charge in [0, 0.05) is 30.2 Å². The van der Waals surface area contributed by atoms with E-state index in [0.717, 1.165) is 49.3 Å². The molecule has 1 aromatic heterocycles. The molecule has 1 fully saturated rings. The lowest BCUT2D eigenvalue weighted by Gasteiger charge is -2.33. The lowest BCUT2D eigenvalue weighted by atomic mass is 9.96. The topological polar surface area (TPSA) is 77.0 Å². The number of rotatable bonds is 4. The number of carbonyl (C=O) groups is 1. The van der Waals surface area contributed by atoms with E-state index in [1.807, 2.05) is 48.7 Å². The van der Waals surface area contributed by atoms with Crippen LogP contribution in [0.1, 0.15) is 48.3 Å². The molecule has 1 saturated heterocycles. The average Bonchev–Trinajstić information content (AvgIpc) is 3.03. The average molecular weight is 376 g/mol. The van der Waals surface area contributed by atoms with E-state index < -0.39 is 5.54 Å². The zero-order chi connectivity index (χ0) is 18.9. The summed E-state index contributed by atoms with van der Waals surface area (Å²) >= 11 is 6.01. The molecule has 1 atom stereocenters. The third-order valence-corrected chi connectivity index (χ3v) is 5.10. The van der Waals surface area contributed by atoms with Crippen molar-refractivity contribution in [3.63, 3.8) is 0 Å². The number of hydrogen-bond donors (Lipinski definition) is 1. The van der Waals surface area contributed by atoms with Gasteiger partial charge in [-0.15, -0.1) is 5.10 Å². The van der Waals surface area contributed by atoms with Crippen LogP contribution < -0.4 is 5.73 Å². The lowest BCUT2D eigenvalue weighted by Crippen LogP contribution is -2.41. The van der Waals surface area contributed by atoms with Crippen LogP contribution in [-0.4, -0.2) is 38.9 Å². The largest absolute Gasteiger partial charge is 0.338 e. The number of aromatic nitrogens is 3. The number of halogens is 1. The predicted molar refractivity (Wildman–Crippen MR) is 102 cm³/mol. The number of benzene rings is 1. The first-order chi connectivity index (χ1) is 12.2. The summed E-state index contributed by atoms with van der Waals surface area (Å²) in [5.41, 5.74) is 7.99. The number of piperidine rings is 1. The lowest BCUT2D eigenvalue weighted by molar-refractivity contribution is 0.0658. The molecule has 2 aromatic rings. The quantitative estimate of drug-likeness (QED) is 0.891. The molecule has 0 radical (unpaired) electrons. The fraction of sp³-hybridized carbons (Fsp3) is 0.526. The minimum Gasteiger partial charge on any atom is -0.338 e. The molecule has 3 rings (SSSR count). The van der Waals surface area contributed by atoms with Gasteiger partial charge in [-0.3, -0.25) is 9.48 Å². The van der Waals surface area contributed by atoms with E-state index >= 15 is 0 Å². The van der Waals surface area contributed by atoms with Crippen molar-refractivity contribution in [3.05, 3.63) is 46.2 Å². The van der Waals surface area contributed by atoms with Gasteiger partial charge >= 0.3 is 0 Å². The van der Waals surface area contributed by atoms with E-state index in [2.05, 4.69) is 10.3 Å². The highest BCUT2D eigenvalue weighted by Crippen LogP contribution is 2.23. The molecule has 2 heterocycles. The van der Waals surface area contributed by atoms with Gasteiger partial charge in [-0.25, -0.2) is 0 Å². The molecule has 0 unspecified atom stereocenters. The van der Waals surface area contributed by atoms with Gasteiger partial charge in [-0.05, 0) is 63.3 Å². The Hall–Kier alpha value is -1.92. The molecule has 0 saturated carbocycles. The van der Waals surface area contributed by atoms with E-state index in [1.165, 1.54) is 0 Å². The summed E-state index contributed by atoms with van der Waals surface area (Å²) in [7, 11) is 0. The SMILES string of the molecule is Cc1cc(Cl)ccc1C(=O)N1CCC[C@H](Cn2cc(C(C)(C)N)nn2)C1. The Labute approximate surface area is 159 Å². The van der Waals surface area contributed by atoms with Gasteiger partial charge in [0.15, 0.2) is 0 Å². The Bertz CT molecular complexity index is 795. The molecule has 26 heavy (non-hydrogen) atoms. The first-order valence-corrected chi connectivity index (χ1v) is 9.37. The second kappa shape index (κ2) is 7.37. The maximum atomic E-state index is 12.9. The minimum absolute atomic E-state index is 0.0752. The van der Waals surface area contributed by atoms with Crippen molar-refractivity contribution in [1.29, 1.82) is 0 Å². The predicted octanol–water partition coefficient (Wildman–Crippen LogP) is 2.99. The normalized spacial score (nSPS) is 18.2.